The molecule has 0 radical (unpaired) electrons. The number of hydrogen-bond acceptors (Lipinski definition) is 3. The number of fused-ring (bicyclic) bond motifs is 1. The number of rotatable bonds is 1. The molecule has 3 atom stereocenters. The van der Waals surface area contributed by atoms with Crippen LogP contribution in [0.4, 0.5) is 0 Å². The van der Waals surface area contributed by atoms with Crippen LogP contribution < -0.4 is 5.73 Å². The molecule has 2 N–H and O–H groups in total. The second-order valence-electron chi connectivity index (χ2n) is 5.31. The number of likely N-dealkylation sites (tertiary alicyclic amines) is 2. The fraction of sp³-hybridized carbons (Fsp3) is 0.917. The van der Waals surface area contributed by atoms with Crippen LogP contribution in [-0.2, 0) is 4.79 Å². The molecule has 2 saturated heterocycles. The molecule has 100 valence electrons. The summed E-state index contributed by atoms with van der Waals surface area (Å²) in [6, 6.07) is 0.337. The number of carbonyl (C=O) groups is 1. The third-order valence-electron chi connectivity index (χ3n) is 4.05. The lowest BCUT2D eigenvalue weighted by molar-refractivity contribution is -0.135. The number of halogens is 1. The Bertz CT molecular complexity index is 272. The van der Waals surface area contributed by atoms with Gasteiger partial charge in [-0.05, 0) is 45.7 Å². The number of amides is 1. The molecule has 2 heterocycles. The van der Waals surface area contributed by atoms with Crippen LogP contribution >= 0.6 is 12.4 Å². The van der Waals surface area contributed by atoms with Gasteiger partial charge in [0.15, 0.2) is 0 Å². The van der Waals surface area contributed by atoms with E-state index in [4.69, 9.17) is 5.73 Å². The van der Waals surface area contributed by atoms with Gasteiger partial charge in [-0.2, -0.15) is 0 Å². The molecule has 0 spiro atoms. The van der Waals surface area contributed by atoms with Gasteiger partial charge >= 0.3 is 0 Å². The van der Waals surface area contributed by atoms with Crippen molar-refractivity contribution >= 4 is 18.3 Å². The van der Waals surface area contributed by atoms with Gasteiger partial charge in [0.2, 0.25) is 5.91 Å². The van der Waals surface area contributed by atoms with Gasteiger partial charge in [-0.3, -0.25) is 4.79 Å². The molecule has 1 amide bonds. The molecule has 0 aromatic carbocycles. The lowest BCUT2D eigenvalue weighted by Gasteiger charge is -2.46. The molecular weight excluding hydrogens is 238 g/mol. The summed E-state index contributed by atoms with van der Waals surface area (Å²) in [5.41, 5.74) is 5.66. The van der Waals surface area contributed by atoms with Gasteiger partial charge in [-0.1, -0.05) is 0 Å². The number of nitrogens with two attached hydrogens (primary N) is 1. The summed E-state index contributed by atoms with van der Waals surface area (Å²) in [5.74, 6) is 0.780. The van der Waals surface area contributed by atoms with Crippen molar-refractivity contribution in [2.45, 2.75) is 38.3 Å². The molecular formula is C12H24ClN3O. The van der Waals surface area contributed by atoms with Crippen molar-refractivity contribution in [3.63, 3.8) is 0 Å². The summed E-state index contributed by atoms with van der Waals surface area (Å²) >= 11 is 0. The van der Waals surface area contributed by atoms with Crippen molar-refractivity contribution < 1.29 is 4.79 Å². The Labute approximate surface area is 110 Å². The standard InChI is InChI=1S/C12H23N3O.ClH/c1-9(13)12(16)15-7-5-11-10(8-15)4-3-6-14(11)2;/h9-11H,3-8,13H2,1-2H3;1H. The zero-order valence-electron chi connectivity index (χ0n) is 10.8. The van der Waals surface area contributed by atoms with Crippen molar-refractivity contribution in [1.29, 1.82) is 0 Å². The minimum atomic E-state index is -0.349. The molecule has 17 heavy (non-hydrogen) atoms. The Kier molecular flexibility index (Phi) is 5.22. The van der Waals surface area contributed by atoms with Crippen LogP contribution in [0.15, 0.2) is 0 Å². The molecule has 2 aliphatic rings. The highest BCUT2D eigenvalue weighted by Crippen LogP contribution is 2.29. The predicted octanol–water partition coefficient (Wildman–Crippen LogP) is 0.698. The number of carbonyl (C=O) groups excluding carboxylic acids is 1. The summed E-state index contributed by atoms with van der Waals surface area (Å²) in [6.45, 7) is 4.78. The molecule has 2 fully saturated rings. The number of piperidine rings is 2. The van der Waals surface area contributed by atoms with E-state index in [1.54, 1.807) is 6.92 Å². The zero-order chi connectivity index (χ0) is 11.7. The van der Waals surface area contributed by atoms with Gasteiger partial charge in [0.05, 0.1) is 6.04 Å². The highest BCUT2D eigenvalue weighted by molar-refractivity contribution is 5.85. The van der Waals surface area contributed by atoms with Crippen molar-refractivity contribution in [3.05, 3.63) is 0 Å². The molecule has 2 rings (SSSR count). The summed E-state index contributed by atoms with van der Waals surface area (Å²) in [7, 11) is 2.21. The van der Waals surface area contributed by atoms with Gasteiger partial charge in [-0.25, -0.2) is 0 Å². The van der Waals surface area contributed by atoms with Crippen LogP contribution in [0.5, 0.6) is 0 Å². The minimum Gasteiger partial charge on any atom is -0.341 e. The van der Waals surface area contributed by atoms with Gasteiger partial charge < -0.3 is 15.5 Å². The normalized spacial score (nSPS) is 31.4. The largest absolute Gasteiger partial charge is 0.341 e. The van der Waals surface area contributed by atoms with E-state index in [-0.39, 0.29) is 24.4 Å². The van der Waals surface area contributed by atoms with E-state index >= 15 is 0 Å². The van der Waals surface area contributed by atoms with E-state index in [1.807, 2.05) is 4.90 Å². The zero-order valence-corrected chi connectivity index (χ0v) is 11.6. The first kappa shape index (κ1) is 14.7. The maximum Gasteiger partial charge on any atom is 0.239 e. The van der Waals surface area contributed by atoms with Crippen molar-refractivity contribution in [2.24, 2.45) is 11.7 Å². The highest BCUT2D eigenvalue weighted by atomic mass is 35.5. The molecule has 4 nitrogen and oxygen atoms in total. The van der Waals surface area contributed by atoms with Gasteiger partial charge in [0.1, 0.15) is 0 Å². The van der Waals surface area contributed by atoms with Crippen LogP contribution in [0.1, 0.15) is 26.2 Å². The lowest BCUT2D eigenvalue weighted by atomic mass is 9.84. The molecule has 0 bridgehead atoms. The quantitative estimate of drug-likeness (QED) is 0.756. The van der Waals surface area contributed by atoms with E-state index in [2.05, 4.69) is 11.9 Å². The lowest BCUT2D eigenvalue weighted by Crippen LogP contribution is -2.56. The van der Waals surface area contributed by atoms with Crippen LogP contribution in [0.3, 0.4) is 0 Å². The SMILES string of the molecule is CC(N)C(=O)N1CCC2C(CCCN2C)C1.Cl. The number of nitrogens with zero attached hydrogens (tertiary/aromatic N) is 2. The highest BCUT2D eigenvalue weighted by Gasteiger charge is 2.36. The van der Waals surface area contributed by atoms with Crippen LogP contribution in [0, 0.1) is 5.92 Å². The van der Waals surface area contributed by atoms with Crippen molar-refractivity contribution in [2.75, 3.05) is 26.7 Å². The average Bonchev–Trinajstić information content (AvgIpc) is 2.28. The maximum absolute atomic E-state index is 11.8. The number of hydrogen-bond donors (Lipinski definition) is 1. The summed E-state index contributed by atoms with van der Waals surface area (Å²) in [4.78, 5) is 16.3. The first-order valence-corrected chi connectivity index (χ1v) is 6.34. The first-order chi connectivity index (χ1) is 7.59. The molecule has 5 heteroatoms. The van der Waals surface area contributed by atoms with E-state index in [9.17, 15) is 4.79 Å². The average molecular weight is 262 g/mol. The topological polar surface area (TPSA) is 49.6 Å². The Morgan fingerprint density at radius 1 is 1.35 bits per heavy atom. The van der Waals surface area contributed by atoms with Crippen LogP contribution in [-0.4, -0.2) is 54.5 Å². The maximum atomic E-state index is 11.8. The van der Waals surface area contributed by atoms with Gasteiger partial charge in [-0.15, -0.1) is 12.4 Å². The van der Waals surface area contributed by atoms with E-state index in [1.165, 1.54) is 19.4 Å². The molecule has 0 aromatic heterocycles. The van der Waals surface area contributed by atoms with E-state index in [0.29, 0.717) is 12.0 Å². The van der Waals surface area contributed by atoms with Gasteiger partial charge in [0.25, 0.3) is 0 Å². The summed E-state index contributed by atoms with van der Waals surface area (Å²) in [5, 5.41) is 0. The fourth-order valence-electron chi connectivity index (χ4n) is 3.14. The third-order valence-corrected chi connectivity index (χ3v) is 4.05. The van der Waals surface area contributed by atoms with Crippen LogP contribution in [0.2, 0.25) is 0 Å². The van der Waals surface area contributed by atoms with Crippen LogP contribution in [0.25, 0.3) is 0 Å². The molecule has 2 aliphatic heterocycles. The summed E-state index contributed by atoms with van der Waals surface area (Å²) in [6.07, 6.45) is 3.63. The van der Waals surface area contributed by atoms with E-state index in [0.717, 1.165) is 19.5 Å². The first-order valence-electron chi connectivity index (χ1n) is 6.34. The molecule has 0 aromatic rings. The van der Waals surface area contributed by atoms with E-state index < -0.39 is 0 Å². The predicted molar refractivity (Wildman–Crippen MR) is 71.2 cm³/mol. The Morgan fingerprint density at radius 3 is 2.71 bits per heavy atom. The second kappa shape index (κ2) is 6.03. The summed E-state index contributed by atoms with van der Waals surface area (Å²) < 4.78 is 0. The molecule has 3 unspecified atom stereocenters. The Balaban J connectivity index is 0.00000144. The fourth-order valence-corrected chi connectivity index (χ4v) is 3.14. The minimum absolute atomic E-state index is 0. The van der Waals surface area contributed by atoms with Crippen molar-refractivity contribution in [3.8, 4) is 0 Å². The smallest absolute Gasteiger partial charge is 0.239 e. The molecule has 0 saturated carbocycles. The third kappa shape index (κ3) is 3.12. The molecule has 0 aliphatic carbocycles. The monoisotopic (exact) mass is 261 g/mol. The Morgan fingerprint density at radius 2 is 2.06 bits per heavy atom. The van der Waals surface area contributed by atoms with Crippen molar-refractivity contribution in [1.82, 2.24) is 9.80 Å². The second-order valence-corrected chi connectivity index (χ2v) is 5.31. The van der Waals surface area contributed by atoms with Gasteiger partial charge in [0, 0.05) is 19.1 Å². The Hall–Kier alpha value is -0.320.